The van der Waals surface area contributed by atoms with Crippen molar-refractivity contribution >= 4 is 5.78 Å². The van der Waals surface area contributed by atoms with Gasteiger partial charge in [-0.25, -0.2) is 13.8 Å². The van der Waals surface area contributed by atoms with Crippen LogP contribution in [0.3, 0.4) is 0 Å². The van der Waals surface area contributed by atoms with E-state index in [9.17, 15) is 13.6 Å². The third kappa shape index (κ3) is 3.36. The quantitative estimate of drug-likeness (QED) is 0.509. The molecule has 30 heavy (non-hydrogen) atoms. The van der Waals surface area contributed by atoms with Crippen molar-refractivity contribution < 1.29 is 13.6 Å². The van der Waals surface area contributed by atoms with Gasteiger partial charge in [-0.1, -0.05) is 30.7 Å². The lowest BCUT2D eigenvalue weighted by atomic mass is 9.94. The Hall–Kier alpha value is -2.82. The van der Waals surface area contributed by atoms with Crippen LogP contribution < -0.4 is 0 Å². The van der Waals surface area contributed by atoms with E-state index in [1.807, 2.05) is 12.1 Å². The number of hydrogen-bond acceptors (Lipinski definition) is 2. The zero-order valence-electron chi connectivity index (χ0n) is 16.8. The number of carbonyl (C=O) groups is 1. The number of ketones is 1. The largest absolute Gasteiger partial charge is 0.327 e. The van der Waals surface area contributed by atoms with Crippen LogP contribution in [-0.2, 0) is 19.4 Å². The molecule has 1 aliphatic heterocycles. The van der Waals surface area contributed by atoms with Gasteiger partial charge in [-0.05, 0) is 67.3 Å². The van der Waals surface area contributed by atoms with E-state index in [0.29, 0.717) is 23.5 Å². The highest BCUT2D eigenvalue weighted by Gasteiger charge is 2.29. The van der Waals surface area contributed by atoms with Gasteiger partial charge in [-0.3, -0.25) is 4.79 Å². The van der Waals surface area contributed by atoms with E-state index in [2.05, 4.69) is 16.7 Å². The molecular formula is C25H24F2N2O. The number of carbonyl (C=O) groups excluding carboxylic acids is 1. The lowest BCUT2D eigenvalue weighted by molar-refractivity contribution is 0.0968. The summed E-state index contributed by atoms with van der Waals surface area (Å²) in [5.41, 5.74) is 4.59. The van der Waals surface area contributed by atoms with E-state index in [0.717, 1.165) is 56.8 Å². The molecule has 154 valence electrons. The van der Waals surface area contributed by atoms with Crippen molar-refractivity contribution in [3.8, 4) is 11.4 Å². The van der Waals surface area contributed by atoms with Gasteiger partial charge in [0.15, 0.2) is 17.4 Å². The predicted molar refractivity (Wildman–Crippen MR) is 112 cm³/mol. The minimum absolute atomic E-state index is 0.0520. The summed E-state index contributed by atoms with van der Waals surface area (Å²) in [6, 6.07) is 12.2. The summed E-state index contributed by atoms with van der Waals surface area (Å²) in [7, 11) is 0. The molecule has 0 fully saturated rings. The first-order valence-corrected chi connectivity index (χ1v) is 10.8. The van der Waals surface area contributed by atoms with Gasteiger partial charge >= 0.3 is 0 Å². The fourth-order valence-electron chi connectivity index (χ4n) is 4.98. The number of imidazole rings is 1. The lowest BCUT2D eigenvalue weighted by Gasteiger charge is -2.11. The normalized spacial score (nSPS) is 18.0. The molecule has 1 unspecified atom stereocenters. The Kier molecular flexibility index (Phi) is 4.97. The van der Waals surface area contributed by atoms with E-state index in [1.165, 1.54) is 17.2 Å². The van der Waals surface area contributed by atoms with Gasteiger partial charge in [0, 0.05) is 24.2 Å². The van der Waals surface area contributed by atoms with Crippen molar-refractivity contribution in [3.05, 3.63) is 76.6 Å². The number of rotatable bonds is 4. The maximum absolute atomic E-state index is 13.9. The molecule has 2 aliphatic rings. The van der Waals surface area contributed by atoms with Crippen molar-refractivity contribution in [1.29, 1.82) is 0 Å². The Balaban J connectivity index is 1.51. The molecule has 5 rings (SSSR count). The van der Waals surface area contributed by atoms with E-state index < -0.39 is 11.6 Å². The predicted octanol–water partition coefficient (Wildman–Crippen LogP) is 5.86. The molecule has 1 aromatic heterocycles. The second-order valence-corrected chi connectivity index (χ2v) is 8.38. The number of hydrogen-bond donors (Lipinski definition) is 0. The Labute approximate surface area is 174 Å². The van der Waals surface area contributed by atoms with Crippen LogP contribution >= 0.6 is 0 Å². The first kappa shape index (κ1) is 19.2. The smallest absolute Gasteiger partial charge is 0.183 e. The lowest BCUT2D eigenvalue weighted by Crippen LogP contribution is -2.10. The Bertz CT molecular complexity index is 1120. The molecule has 0 spiro atoms. The van der Waals surface area contributed by atoms with E-state index in [-0.39, 0.29) is 11.7 Å². The van der Waals surface area contributed by atoms with Gasteiger partial charge in [0.2, 0.25) is 0 Å². The zero-order chi connectivity index (χ0) is 20.7. The van der Waals surface area contributed by atoms with E-state index in [1.54, 1.807) is 6.07 Å². The molecule has 1 aliphatic carbocycles. The second kappa shape index (κ2) is 7.78. The molecule has 0 bridgehead atoms. The summed E-state index contributed by atoms with van der Waals surface area (Å²) in [5.74, 6) is -0.924. The highest BCUT2D eigenvalue weighted by Crippen LogP contribution is 2.37. The van der Waals surface area contributed by atoms with Crippen LogP contribution in [0.15, 0.2) is 42.5 Å². The third-order valence-electron chi connectivity index (χ3n) is 6.50. The molecule has 5 heteroatoms. The van der Waals surface area contributed by atoms with Crippen molar-refractivity contribution in [2.75, 3.05) is 0 Å². The van der Waals surface area contributed by atoms with Crippen molar-refractivity contribution in [3.63, 3.8) is 0 Å². The van der Waals surface area contributed by atoms with E-state index in [4.69, 9.17) is 4.98 Å². The van der Waals surface area contributed by atoms with Gasteiger partial charge in [0.25, 0.3) is 0 Å². The fraction of sp³-hybridized carbons (Fsp3) is 0.360. The summed E-state index contributed by atoms with van der Waals surface area (Å²) in [5, 5.41) is 0. The first-order chi connectivity index (χ1) is 14.6. The highest BCUT2D eigenvalue weighted by molar-refractivity contribution is 5.96. The number of Topliss-reactive ketones (excluding diaryl/α,β-unsaturated/α-hetero) is 1. The number of aromatic nitrogens is 2. The Morgan fingerprint density at radius 3 is 2.77 bits per heavy atom. The Morgan fingerprint density at radius 2 is 1.90 bits per heavy atom. The van der Waals surface area contributed by atoms with Gasteiger partial charge < -0.3 is 4.57 Å². The van der Waals surface area contributed by atoms with Crippen LogP contribution in [0.25, 0.3) is 11.4 Å². The molecule has 0 saturated heterocycles. The summed E-state index contributed by atoms with van der Waals surface area (Å²) in [6.07, 6.45) is 6.31. The van der Waals surface area contributed by atoms with Gasteiger partial charge in [-0.2, -0.15) is 0 Å². The first-order valence-electron chi connectivity index (χ1n) is 10.8. The molecule has 0 N–H and O–H groups in total. The molecule has 0 radical (unpaired) electrons. The SMILES string of the molecule is O=C(CC1CCc2ccccc21)c1nc(-c2ccc(F)c(F)c2)n2c1CCCCC2. The van der Waals surface area contributed by atoms with Crippen molar-refractivity contribution in [1.82, 2.24) is 9.55 Å². The van der Waals surface area contributed by atoms with Crippen LogP contribution in [0.5, 0.6) is 0 Å². The monoisotopic (exact) mass is 406 g/mol. The van der Waals surface area contributed by atoms with Crippen molar-refractivity contribution in [2.24, 2.45) is 0 Å². The molecule has 2 aromatic carbocycles. The molecule has 1 atom stereocenters. The van der Waals surface area contributed by atoms with Gasteiger partial charge in [0.05, 0.1) is 0 Å². The summed E-state index contributed by atoms with van der Waals surface area (Å²) in [4.78, 5) is 18.0. The number of nitrogens with zero attached hydrogens (tertiary/aromatic N) is 2. The third-order valence-corrected chi connectivity index (χ3v) is 6.50. The van der Waals surface area contributed by atoms with Gasteiger partial charge in [0.1, 0.15) is 11.5 Å². The summed E-state index contributed by atoms with van der Waals surface area (Å²) >= 11 is 0. The molecule has 2 heterocycles. The summed E-state index contributed by atoms with van der Waals surface area (Å²) in [6.45, 7) is 0.746. The fourth-order valence-corrected chi connectivity index (χ4v) is 4.98. The van der Waals surface area contributed by atoms with E-state index >= 15 is 0 Å². The number of fused-ring (bicyclic) bond motifs is 2. The minimum atomic E-state index is -0.895. The Morgan fingerprint density at radius 1 is 1.03 bits per heavy atom. The van der Waals surface area contributed by atoms with Crippen LogP contribution in [0.4, 0.5) is 8.78 Å². The highest BCUT2D eigenvalue weighted by atomic mass is 19.2. The standard InChI is InChI=1S/C25H24F2N2O/c26-20-12-11-18(14-21(20)27)25-28-24(22-8-2-1-5-13-29(22)25)23(30)15-17-10-9-16-6-3-4-7-19(16)17/h3-4,6-7,11-12,14,17H,1-2,5,8-10,13,15H2. The molecule has 3 aromatic rings. The average Bonchev–Trinajstić information content (AvgIpc) is 3.23. The van der Waals surface area contributed by atoms with Crippen molar-refractivity contribution in [2.45, 2.75) is 57.4 Å². The molecule has 0 saturated carbocycles. The molecule has 3 nitrogen and oxygen atoms in total. The number of halogens is 2. The summed E-state index contributed by atoms with van der Waals surface area (Å²) < 4.78 is 29.4. The zero-order valence-corrected chi connectivity index (χ0v) is 16.8. The topological polar surface area (TPSA) is 34.9 Å². The van der Waals surface area contributed by atoms with Crippen LogP contribution in [0.2, 0.25) is 0 Å². The maximum atomic E-state index is 13.9. The maximum Gasteiger partial charge on any atom is 0.183 e. The molecular weight excluding hydrogens is 382 g/mol. The number of benzene rings is 2. The van der Waals surface area contributed by atoms with Crippen LogP contribution in [0, 0.1) is 11.6 Å². The average molecular weight is 406 g/mol. The van der Waals surface area contributed by atoms with Crippen LogP contribution in [-0.4, -0.2) is 15.3 Å². The van der Waals surface area contributed by atoms with Gasteiger partial charge in [-0.15, -0.1) is 0 Å². The number of aryl methyl sites for hydroxylation is 1. The molecule has 0 amide bonds. The van der Waals surface area contributed by atoms with Crippen LogP contribution in [0.1, 0.15) is 65.3 Å². The minimum Gasteiger partial charge on any atom is -0.327 e. The second-order valence-electron chi connectivity index (χ2n) is 8.38.